The molecular formula is C13H16N4O3S. The highest BCUT2D eigenvalue weighted by atomic mass is 32.2. The van der Waals surface area contributed by atoms with E-state index in [4.69, 9.17) is 0 Å². The summed E-state index contributed by atoms with van der Waals surface area (Å²) in [4.78, 5) is 8.50. The van der Waals surface area contributed by atoms with Gasteiger partial charge in [-0.3, -0.25) is 0 Å². The maximum atomic E-state index is 12.3. The molecule has 1 fully saturated rings. The molecular weight excluding hydrogens is 292 g/mol. The lowest BCUT2D eigenvalue weighted by Gasteiger charge is -2.35. The second kappa shape index (κ2) is 5.38. The second-order valence-electron chi connectivity index (χ2n) is 4.82. The SMILES string of the molecule is O=S(=O)(c1cnc[nH]1)N1CCN(c2ccc(O)cc2)CC1. The van der Waals surface area contributed by atoms with Gasteiger partial charge in [-0.1, -0.05) is 0 Å². The lowest BCUT2D eigenvalue weighted by molar-refractivity contribution is 0.383. The highest BCUT2D eigenvalue weighted by Crippen LogP contribution is 2.21. The molecule has 0 spiro atoms. The molecule has 0 saturated carbocycles. The van der Waals surface area contributed by atoms with Gasteiger partial charge in [0.2, 0.25) is 0 Å². The Kier molecular flexibility index (Phi) is 3.56. The van der Waals surface area contributed by atoms with Crippen LogP contribution >= 0.6 is 0 Å². The van der Waals surface area contributed by atoms with Crippen molar-refractivity contribution < 1.29 is 13.5 Å². The molecule has 2 N–H and O–H groups in total. The van der Waals surface area contributed by atoms with Gasteiger partial charge in [0.05, 0.1) is 12.5 Å². The van der Waals surface area contributed by atoms with E-state index in [1.807, 2.05) is 12.1 Å². The molecule has 0 atom stereocenters. The number of hydrogen-bond acceptors (Lipinski definition) is 5. The lowest BCUT2D eigenvalue weighted by atomic mass is 10.2. The van der Waals surface area contributed by atoms with E-state index in [1.54, 1.807) is 12.1 Å². The van der Waals surface area contributed by atoms with Crippen LogP contribution < -0.4 is 4.90 Å². The molecule has 2 aromatic rings. The fraction of sp³-hybridized carbons (Fsp3) is 0.308. The van der Waals surface area contributed by atoms with Gasteiger partial charge < -0.3 is 15.0 Å². The van der Waals surface area contributed by atoms with Crippen molar-refractivity contribution in [3.05, 3.63) is 36.8 Å². The molecule has 21 heavy (non-hydrogen) atoms. The van der Waals surface area contributed by atoms with Crippen molar-refractivity contribution in [3.63, 3.8) is 0 Å². The Balaban J connectivity index is 1.69. The molecule has 112 valence electrons. The normalized spacial score (nSPS) is 17.0. The number of anilines is 1. The van der Waals surface area contributed by atoms with Crippen molar-refractivity contribution in [1.29, 1.82) is 0 Å². The summed E-state index contributed by atoms with van der Waals surface area (Å²) >= 11 is 0. The summed E-state index contributed by atoms with van der Waals surface area (Å²) in [6.45, 7) is 2.06. The van der Waals surface area contributed by atoms with Crippen LogP contribution in [-0.4, -0.2) is 54.0 Å². The number of piperazine rings is 1. The molecule has 1 aliphatic rings. The van der Waals surface area contributed by atoms with Gasteiger partial charge in [0.25, 0.3) is 10.0 Å². The van der Waals surface area contributed by atoms with Crippen LogP contribution in [0.3, 0.4) is 0 Å². The molecule has 0 radical (unpaired) electrons. The van der Waals surface area contributed by atoms with E-state index in [1.165, 1.54) is 16.8 Å². The zero-order valence-electron chi connectivity index (χ0n) is 11.3. The summed E-state index contributed by atoms with van der Waals surface area (Å²) in [6, 6.07) is 6.91. The standard InChI is InChI=1S/C13H16N4O3S/c18-12-3-1-11(2-4-12)16-5-7-17(8-6-16)21(19,20)13-9-14-10-15-13/h1-4,9-10,18H,5-8H2,(H,14,15). The third kappa shape index (κ3) is 2.72. The van der Waals surface area contributed by atoms with Gasteiger partial charge in [0.1, 0.15) is 5.75 Å². The first-order valence-electron chi connectivity index (χ1n) is 6.60. The molecule has 1 aliphatic heterocycles. The number of rotatable bonds is 3. The van der Waals surface area contributed by atoms with Crippen molar-refractivity contribution in [2.24, 2.45) is 0 Å². The molecule has 0 amide bonds. The van der Waals surface area contributed by atoms with E-state index < -0.39 is 10.0 Å². The van der Waals surface area contributed by atoms with Crippen molar-refractivity contribution >= 4 is 15.7 Å². The number of benzene rings is 1. The molecule has 3 rings (SSSR count). The number of sulfonamides is 1. The third-order valence-electron chi connectivity index (χ3n) is 3.54. The summed E-state index contributed by atoms with van der Waals surface area (Å²) in [5, 5.41) is 9.42. The molecule has 7 nitrogen and oxygen atoms in total. The number of phenolic OH excluding ortho intramolecular Hbond substituents is 1. The quantitative estimate of drug-likeness (QED) is 0.868. The van der Waals surface area contributed by atoms with Crippen molar-refractivity contribution in [3.8, 4) is 5.75 Å². The molecule has 0 aliphatic carbocycles. The summed E-state index contributed by atoms with van der Waals surface area (Å²) in [5.41, 5.74) is 0.978. The Labute approximate surface area is 122 Å². The first-order valence-corrected chi connectivity index (χ1v) is 8.04. The highest BCUT2D eigenvalue weighted by Gasteiger charge is 2.29. The average Bonchev–Trinajstić information content (AvgIpc) is 3.03. The number of hydrogen-bond donors (Lipinski definition) is 2. The minimum atomic E-state index is -3.48. The van der Waals surface area contributed by atoms with Gasteiger partial charge in [0.15, 0.2) is 5.03 Å². The predicted octanol–water partition coefficient (Wildman–Crippen LogP) is 0.626. The minimum absolute atomic E-state index is 0.126. The Morgan fingerprint density at radius 2 is 1.76 bits per heavy atom. The summed E-state index contributed by atoms with van der Waals surface area (Å²) in [7, 11) is -3.48. The molecule has 0 unspecified atom stereocenters. The first kappa shape index (κ1) is 13.9. The van der Waals surface area contributed by atoms with E-state index in [0.29, 0.717) is 26.2 Å². The minimum Gasteiger partial charge on any atom is -0.508 e. The topological polar surface area (TPSA) is 89.5 Å². The number of phenols is 1. The van der Waals surface area contributed by atoms with E-state index in [2.05, 4.69) is 14.9 Å². The number of imidazole rings is 1. The van der Waals surface area contributed by atoms with Crippen molar-refractivity contribution in [2.45, 2.75) is 5.03 Å². The second-order valence-corrected chi connectivity index (χ2v) is 6.73. The van der Waals surface area contributed by atoms with Crippen LogP contribution in [0, 0.1) is 0 Å². The smallest absolute Gasteiger partial charge is 0.260 e. The van der Waals surface area contributed by atoms with Gasteiger partial charge in [-0.2, -0.15) is 4.31 Å². The van der Waals surface area contributed by atoms with Gasteiger partial charge in [-0.05, 0) is 24.3 Å². The number of H-pyrrole nitrogens is 1. The fourth-order valence-electron chi connectivity index (χ4n) is 2.37. The Hall–Kier alpha value is -2.06. The van der Waals surface area contributed by atoms with Crippen LogP contribution in [0.4, 0.5) is 5.69 Å². The van der Waals surface area contributed by atoms with Crippen LogP contribution in [-0.2, 0) is 10.0 Å². The Morgan fingerprint density at radius 1 is 1.10 bits per heavy atom. The van der Waals surface area contributed by atoms with E-state index >= 15 is 0 Å². The number of aromatic hydroxyl groups is 1. The van der Waals surface area contributed by atoms with Crippen LogP contribution in [0.25, 0.3) is 0 Å². The van der Waals surface area contributed by atoms with Crippen molar-refractivity contribution in [2.75, 3.05) is 31.1 Å². The summed E-state index contributed by atoms with van der Waals surface area (Å²) in [6.07, 6.45) is 2.68. The zero-order chi connectivity index (χ0) is 14.9. The Morgan fingerprint density at radius 3 is 2.33 bits per heavy atom. The molecule has 1 saturated heterocycles. The van der Waals surface area contributed by atoms with Gasteiger partial charge in [-0.25, -0.2) is 13.4 Å². The third-order valence-corrected chi connectivity index (χ3v) is 5.37. The summed E-state index contributed by atoms with van der Waals surface area (Å²) < 4.78 is 26.1. The summed E-state index contributed by atoms with van der Waals surface area (Å²) in [5.74, 6) is 0.221. The van der Waals surface area contributed by atoms with Gasteiger partial charge >= 0.3 is 0 Å². The van der Waals surface area contributed by atoms with Gasteiger partial charge in [-0.15, -0.1) is 0 Å². The largest absolute Gasteiger partial charge is 0.508 e. The number of nitrogens with zero attached hydrogens (tertiary/aromatic N) is 3. The number of nitrogens with one attached hydrogen (secondary N) is 1. The lowest BCUT2D eigenvalue weighted by Crippen LogP contribution is -2.48. The van der Waals surface area contributed by atoms with Crippen LogP contribution in [0.2, 0.25) is 0 Å². The highest BCUT2D eigenvalue weighted by molar-refractivity contribution is 7.89. The number of aromatic nitrogens is 2. The van der Waals surface area contributed by atoms with E-state index in [-0.39, 0.29) is 10.8 Å². The molecule has 1 aromatic carbocycles. The van der Waals surface area contributed by atoms with Crippen LogP contribution in [0.1, 0.15) is 0 Å². The molecule has 8 heteroatoms. The fourth-order valence-corrected chi connectivity index (χ4v) is 3.69. The van der Waals surface area contributed by atoms with E-state index in [9.17, 15) is 13.5 Å². The monoisotopic (exact) mass is 308 g/mol. The maximum Gasteiger partial charge on any atom is 0.260 e. The molecule has 0 bridgehead atoms. The van der Waals surface area contributed by atoms with Crippen LogP contribution in [0.5, 0.6) is 5.75 Å². The first-order chi connectivity index (χ1) is 10.1. The van der Waals surface area contributed by atoms with Crippen molar-refractivity contribution in [1.82, 2.24) is 14.3 Å². The number of aromatic amines is 1. The zero-order valence-corrected chi connectivity index (χ0v) is 12.1. The van der Waals surface area contributed by atoms with E-state index in [0.717, 1.165) is 5.69 Å². The predicted molar refractivity (Wildman–Crippen MR) is 77.7 cm³/mol. The molecule has 2 heterocycles. The average molecular weight is 308 g/mol. The molecule has 1 aromatic heterocycles. The maximum absolute atomic E-state index is 12.3. The Bertz CT molecular complexity index is 690. The van der Waals surface area contributed by atoms with Crippen LogP contribution in [0.15, 0.2) is 41.8 Å². The van der Waals surface area contributed by atoms with Gasteiger partial charge in [0, 0.05) is 31.9 Å².